The highest BCUT2D eigenvalue weighted by Crippen LogP contribution is 2.40. The first-order valence-electron chi connectivity index (χ1n) is 8.54. The molecule has 1 aromatic carbocycles. The molecule has 2 heterocycles. The summed E-state index contributed by atoms with van der Waals surface area (Å²) in [5.41, 5.74) is 0.918. The summed E-state index contributed by atoms with van der Waals surface area (Å²) in [6, 6.07) is 7.27. The van der Waals surface area contributed by atoms with Gasteiger partial charge in [0.05, 0.1) is 5.60 Å². The highest BCUT2D eigenvalue weighted by Gasteiger charge is 2.43. The van der Waals surface area contributed by atoms with E-state index < -0.39 is 5.60 Å². The SMILES string of the molecule is O=C(c1ccc(-c2ncon2)cc1)N1CCC2(O)CCCCC2C1. The Bertz CT molecular complexity index is 714. The third kappa shape index (κ3) is 2.71. The molecule has 1 saturated heterocycles. The topological polar surface area (TPSA) is 79.5 Å². The van der Waals surface area contributed by atoms with Crippen molar-refractivity contribution in [1.29, 1.82) is 0 Å². The summed E-state index contributed by atoms with van der Waals surface area (Å²) >= 11 is 0. The van der Waals surface area contributed by atoms with Crippen LogP contribution >= 0.6 is 0 Å². The molecule has 0 radical (unpaired) electrons. The van der Waals surface area contributed by atoms with Gasteiger partial charge in [-0.15, -0.1) is 0 Å². The van der Waals surface area contributed by atoms with E-state index >= 15 is 0 Å². The number of carbonyl (C=O) groups excluding carboxylic acids is 1. The first-order chi connectivity index (χ1) is 11.7. The number of nitrogens with zero attached hydrogens (tertiary/aromatic N) is 3. The molecule has 2 aliphatic rings. The predicted octanol–water partition coefficient (Wildman–Crippen LogP) is 2.50. The van der Waals surface area contributed by atoms with E-state index in [1.165, 1.54) is 6.39 Å². The second-order valence-corrected chi connectivity index (χ2v) is 6.88. The molecule has 126 valence electrons. The molecule has 0 spiro atoms. The van der Waals surface area contributed by atoms with Crippen molar-refractivity contribution in [3.63, 3.8) is 0 Å². The summed E-state index contributed by atoms with van der Waals surface area (Å²) in [7, 11) is 0. The normalized spacial score (nSPS) is 26.9. The lowest BCUT2D eigenvalue weighted by Crippen LogP contribution is -2.54. The largest absolute Gasteiger partial charge is 0.389 e. The molecule has 2 atom stereocenters. The van der Waals surface area contributed by atoms with E-state index in [1.54, 1.807) is 12.1 Å². The van der Waals surface area contributed by atoms with Crippen molar-refractivity contribution in [1.82, 2.24) is 15.0 Å². The average molecular weight is 327 g/mol. The molecule has 6 heteroatoms. The zero-order valence-corrected chi connectivity index (χ0v) is 13.5. The van der Waals surface area contributed by atoms with Crippen molar-refractivity contribution in [2.45, 2.75) is 37.7 Å². The van der Waals surface area contributed by atoms with Crippen LogP contribution in [0.5, 0.6) is 0 Å². The maximum atomic E-state index is 12.8. The smallest absolute Gasteiger partial charge is 0.253 e. The number of likely N-dealkylation sites (tertiary alicyclic amines) is 1. The van der Waals surface area contributed by atoms with Gasteiger partial charge in [0.25, 0.3) is 5.91 Å². The van der Waals surface area contributed by atoms with Crippen LogP contribution < -0.4 is 0 Å². The van der Waals surface area contributed by atoms with Crippen molar-refractivity contribution >= 4 is 5.91 Å². The summed E-state index contributed by atoms with van der Waals surface area (Å²) in [5, 5.41) is 14.5. The molecule has 1 amide bonds. The molecule has 24 heavy (non-hydrogen) atoms. The van der Waals surface area contributed by atoms with Crippen LogP contribution in [0.15, 0.2) is 35.2 Å². The van der Waals surface area contributed by atoms with Gasteiger partial charge in [0.1, 0.15) is 0 Å². The predicted molar refractivity (Wildman–Crippen MR) is 87.2 cm³/mol. The fraction of sp³-hybridized carbons (Fsp3) is 0.500. The van der Waals surface area contributed by atoms with Crippen LogP contribution in [0.4, 0.5) is 0 Å². The van der Waals surface area contributed by atoms with Crippen LogP contribution in [0.3, 0.4) is 0 Å². The number of fused-ring (bicyclic) bond motifs is 1. The number of benzene rings is 1. The molecule has 1 saturated carbocycles. The Morgan fingerprint density at radius 2 is 2.08 bits per heavy atom. The number of carbonyl (C=O) groups is 1. The summed E-state index contributed by atoms with van der Waals surface area (Å²) in [5.74, 6) is 0.754. The van der Waals surface area contributed by atoms with E-state index in [9.17, 15) is 9.90 Å². The Morgan fingerprint density at radius 1 is 1.25 bits per heavy atom. The fourth-order valence-electron chi connectivity index (χ4n) is 4.00. The van der Waals surface area contributed by atoms with Gasteiger partial charge in [-0.2, -0.15) is 4.98 Å². The van der Waals surface area contributed by atoms with Crippen LogP contribution in [-0.2, 0) is 0 Å². The first kappa shape index (κ1) is 15.3. The van der Waals surface area contributed by atoms with E-state index in [0.717, 1.165) is 31.2 Å². The Balaban J connectivity index is 1.48. The lowest BCUT2D eigenvalue weighted by atomic mass is 9.71. The highest BCUT2D eigenvalue weighted by molar-refractivity contribution is 5.94. The summed E-state index contributed by atoms with van der Waals surface area (Å²) in [6.45, 7) is 1.28. The van der Waals surface area contributed by atoms with Gasteiger partial charge in [0.2, 0.25) is 12.2 Å². The van der Waals surface area contributed by atoms with Crippen molar-refractivity contribution in [2.75, 3.05) is 13.1 Å². The Kier molecular flexibility index (Phi) is 3.84. The van der Waals surface area contributed by atoms with E-state index in [0.29, 0.717) is 30.9 Å². The van der Waals surface area contributed by atoms with Crippen molar-refractivity contribution in [3.05, 3.63) is 36.2 Å². The van der Waals surface area contributed by atoms with Gasteiger partial charge in [-0.3, -0.25) is 4.79 Å². The van der Waals surface area contributed by atoms with Gasteiger partial charge in [-0.25, -0.2) is 0 Å². The zero-order valence-electron chi connectivity index (χ0n) is 13.5. The van der Waals surface area contributed by atoms with E-state index in [4.69, 9.17) is 4.52 Å². The van der Waals surface area contributed by atoms with Gasteiger partial charge in [0.15, 0.2) is 0 Å². The highest BCUT2D eigenvalue weighted by atomic mass is 16.5. The Morgan fingerprint density at radius 3 is 2.83 bits per heavy atom. The second kappa shape index (κ2) is 6.02. The minimum atomic E-state index is -0.558. The van der Waals surface area contributed by atoms with Crippen molar-refractivity contribution in [2.24, 2.45) is 5.92 Å². The molecular formula is C18H21N3O3. The molecule has 2 unspecified atom stereocenters. The minimum Gasteiger partial charge on any atom is -0.389 e. The standard InChI is InChI=1S/C18H21N3O3/c22-17(14-6-4-13(5-7-14)16-19-12-24-20-16)21-10-9-18(23)8-2-1-3-15(18)11-21/h4-7,12,15,23H,1-3,8-11H2. The van der Waals surface area contributed by atoms with Crippen LogP contribution in [0, 0.1) is 5.92 Å². The number of aliphatic hydroxyl groups is 1. The number of aromatic nitrogens is 2. The minimum absolute atomic E-state index is 0.0299. The van der Waals surface area contributed by atoms with Gasteiger partial charge < -0.3 is 14.5 Å². The quantitative estimate of drug-likeness (QED) is 0.917. The maximum absolute atomic E-state index is 12.8. The zero-order chi connectivity index (χ0) is 16.6. The Hall–Kier alpha value is -2.21. The number of piperidine rings is 1. The molecule has 4 rings (SSSR count). The summed E-state index contributed by atoms with van der Waals surface area (Å²) in [6.07, 6.45) is 6.10. The number of hydrogen-bond donors (Lipinski definition) is 1. The third-order valence-corrected chi connectivity index (χ3v) is 5.47. The molecule has 1 aromatic heterocycles. The van der Waals surface area contributed by atoms with E-state index in [1.807, 2.05) is 17.0 Å². The number of amides is 1. The third-order valence-electron chi connectivity index (χ3n) is 5.47. The summed E-state index contributed by atoms with van der Waals surface area (Å²) in [4.78, 5) is 18.7. The van der Waals surface area contributed by atoms with Gasteiger partial charge in [0, 0.05) is 30.1 Å². The molecule has 1 N–H and O–H groups in total. The van der Waals surface area contributed by atoms with E-state index in [2.05, 4.69) is 10.1 Å². The molecule has 2 fully saturated rings. The molecule has 0 bridgehead atoms. The molecule has 2 aromatic rings. The monoisotopic (exact) mass is 327 g/mol. The lowest BCUT2D eigenvalue weighted by molar-refractivity contribution is -0.0886. The molecule has 6 nitrogen and oxygen atoms in total. The van der Waals surface area contributed by atoms with Crippen molar-refractivity contribution < 1.29 is 14.4 Å². The average Bonchev–Trinajstić information content (AvgIpc) is 3.15. The van der Waals surface area contributed by atoms with Crippen LogP contribution in [-0.4, -0.2) is 44.7 Å². The second-order valence-electron chi connectivity index (χ2n) is 6.88. The summed E-state index contributed by atoms with van der Waals surface area (Å²) < 4.78 is 4.74. The maximum Gasteiger partial charge on any atom is 0.253 e. The number of hydrogen-bond acceptors (Lipinski definition) is 5. The van der Waals surface area contributed by atoms with Gasteiger partial charge in [-0.05, 0) is 31.4 Å². The van der Waals surface area contributed by atoms with Crippen LogP contribution in [0.25, 0.3) is 11.4 Å². The van der Waals surface area contributed by atoms with E-state index in [-0.39, 0.29) is 11.8 Å². The molecular weight excluding hydrogens is 306 g/mol. The van der Waals surface area contributed by atoms with Gasteiger partial charge in [-0.1, -0.05) is 30.1 Å². The first-order valence-corrected chi connectivity index (χ1v) is 8.54. The van der Waals surface area contributed by atoms with Gasteiger partial charge >= 0.3 is 0 Å². The molecule has 1 aliphatic carbocycles. The fourth-order valence-corrected chi connectivity index (χ4v) is 4.00. The Labute approximate surface area is 140 Å². The van der Waals surface area contributed by atoms with Crippen molar-refractivity contribution in [3.8, 4) is 11.4 Å². The number of rotatable bonds is 2. The lowest BCUT2D eigenvalue weighted by Gasteiger charge is -2.47. The van der Waals surface area contributed by atoms with Crippen LogP contribution in [0.2, 0.25) is 0 Å². The van der Waals surface area contributed by atoms with Crippen LogP contribution in [0.1, 0.15) is 42.5 Å². The molecule has 1 aliphatic heterocycles.